The van der Waals surface area contributed by atoms with E-state index in [1.54, 1.807) is 18.4 Å². The van der Waals surface area contributed by atoms with E-state index in [0.29, 0.717) is 6.42 Å². The molecule has 1 aromatic rings. The number of aromatic nitrogens is 1. The quantitative estimate of drug-likeness (QED) is 0.646. The van der Waals surface area contributed by atoms with Gasteiger partial charge in [-0.25, -0.2) is 4.98 Å². The monoisotopic (exact) mass is 309 g/mol. The molecule has 1 atom stereocenters. The number of likely N-dealkylation sites (tertiary alicyclic amines) is 1. The Kier molecular flexibility index (Phi) is 5.55. The summed E-state index contributed by atoms with van der Waals surface area (Å²) in [5, 5.41) is 7.74. The minimum absolute atomic E-state index is 0.224. The lowest BCUT2D eigenvalue weighted by molar-refractivity contribution is -0.129. The van der Waals surface area contributed by atoms with Gasteiger partial charge in [0.1, 0.15) is 0 Å². The molecular formula is C14H23N5OS. The number of thiazole rings is 1. The van der Waals surface area contributed by atoms with Crippen LogP contribution in [0.3, 0.4) is 0 Å². The number of hydrogen-bond donors (Lipinski definition) is 2. The van der Waals surface area contributed by atoms with Crippen molar-refractivity contribution in [1.82, 2.24) is 20.5 Å². The number of amides is 1. The number of aliphatic imine (C=N–C) groups is 1. The molecule has 0 aromatic carbocycles. The van der Waals surface area contributed by atoms with Crippen LogP contribution >= 0.6 is 11.3 Å². The van der Waals surface area contributed by atoms with Gasteiger partial charge in [-0.2, -0.15) is 0 Å². The molecule has 1 unspecified atom stereocenters. The van der Waals surface area contributed by atoms with Crippen LogP contribution in [0.1, 0.15) is 29.7 Å². The largest absolute Gasteiger partial charge is 0.352 e. The molecule has 1 fully saturated rings. The van der Waals surface area contributed by atoms with Gasteiger partial charge in [0.05, 0.1) is 11.6 Å². The van der Waals surface area contributed by atoms with Gasteiger partial charge in [0.25, 0.3) is 0 Å². The van der Waals surface area contributed by atoms with Crippen LogP contribution < -0.4 is 10.6 Å². The summed E-state index contributed by atoms with van der Waals surface area (Å²) in [4.78, 5) is 23.2. The lowest BCUT2D eigenvalue weighted by atomic mass is 10.3. The second-order valence-corrected chi connectivity index (χ2v) is 6.41. The highest BCUT2D eigenvalue weighted by atomic mass is 32.1. The van der Waals surface area contributed by atoms with Gasteiger partial charge in [-0.15, -0.1) is 11.3 Å². The van der Waals surface area contributed by atoms with Gasteiger partial charge in [0.15, 0.2) is 5.96 Å². The zero-order chi connectivity index (χ0) is 15.2. The third-order valence-corrected chi connectivity index (χ3v) is 4.42. The highest BCUT2D eigenvalue weighted by Gasteiger charge is 2.25. The van der Waals surface area contributed by atoms with Gasteiger partial charge < -0.3 is 15.5 Å². The minimum Gasteiger partial charge on any atom is -0.352 e. The molecule has 2 N–H and O–H groups in total. The van der Waals surface area contributed by atoms with Crippen molar-refractivity contribution in [3.63, 3.8) is 0 Å². The summed E-state index contributed by atoms with van der Waals surface area (Å²) in [5.41, 5.74) is 0. The van der Waals surface area contributed by atoms with Crippen molar-refractivity contribution in [3.05, 3.63) is 16.1 Å². The van der Waals surface area contributed by atoms with Crippen LogP contribution in [0, 0.1) is 6.92 Å². The molecule has 1 aromatic heterocycles. The number of guanidine groups is 1. The van der Waals surface area contributed by atoms with E-state index in [9.17, 15) is 4.79 Å². The van der Waals surface area contributed by atoms with Gasteiger partial charge in [0.2, 0.25) is 5.91 Å². The maximum absolute atomic E-state index is 11.7. The Morgan fingerprint density at radius 3 is 3.05 bits per heavy atom. The molecule has 1 aliphatic heterocycles. The fourth-order valence-corrected chi connectivity index (χ4v) is 3.11. The Bertz CT molecular complexity index is 513. The Morgan fingerprint density at radius 2 is 2.43 bits per heavy atom. The summed E-state index contributed by atoms with van der Waals surface area (Å²) in [5.74, 6) is 0.999. The first-order valence-corrected chi connectivity index (χ1v) is 8.10. The average molecular weight is 309 g/mol. The number of aryl methyl sites for hydroxylation is 1. The van der Waals surface area contributed by atoms with Crippen LogP contribution in [0.15, 0.2) is 11.2 Å². The average Bonchev–Trinajstić information content (AvgIpc) is 3.11. The van der Waals surface area contributed by atoms with Crippen LogP contribution in [0.25, 0.3) is 0 Å². The summed E-state index contributed by atoms with van der Waals surface area (Å²) in [6.45, 7) is 6.21. The van der Waals surface area contributed by atoms with Crippen LogP contribution in [-0.2, 0) is 11.3 Å². The van der Waals surface area contributed by atoms with E-state index in [-0.39, 0.29) is 11.9 Å². The van der Waals surface area contributed by atoms with Crippen molar-refractivity contribution < 1.29 is 4.79 Å². The van der Waals surface area contributed by atoms with Crippen molar-refractivity contribution in [2.24, 2.45) is 4.99 Å². The fourth-order valence-electron chi connectivity index (χ4n) is 2.37. The predicted octanol–water partition coefficient (Wildman–Crippen LogP) is 1.13. The highest BCUT2D eigenvalue weighted by molar-refractivity contribution is 7.11. The Balaban J connectivity index is 1.79. The summed E-state index contributed by atoms with van der Waals surface area (Å²) >= 11 is 1.68. The molecular weight excluding hydrogens is 286 g/mol. The van der Waals surface area contributed by atoms with E-state index in [2.05, 4.69) is 20.6 Å². The number of rotatable bonds is 4. The lowest BCUT2D eigenvalue weighted by Crippen LogP contribution is -2.44. The topological polar surface area (TPSA) is 69.6 Å². The zero-order valence-electron chi connectivity index (χ0n) is 12.8. The van der Waals surface area contributed by atoms with E-state index in [4.69, 9.17) is 0 Å². The minimum atomic E-state index is 0.224. The van der Waals surface area contributed by atoms with Crippen molar-refractivity contribution in [3.8, 4) is 0 Å². The lowest BCUT2D eigenvalue weighted by Gasteiger charge is -2.18. The number of carbonyl (C=O) groups is 1. The summed E-state index contributed by atoms with van der Waals surface area (Å²) in [6.07, 6.45) is 3.42. The first-order valence-electron chi connectivity index (χ1n) is 7.28. The zero-order valence-corrected chi connectivity index (χ0v) is 13.7. The molecule has 6 nitrogen and oxygen atoms in total. The van der Waals surface area contributed by atoms with Crippen molar-refractivity contribution in [1.29, 1.82) is 0 Å². The number of carbonyl (C=O) groups excluding carboxylic acids is 1. The van der Waals surface area contributed by atoms with Gasteiger partial charge in [-0.05, 0) is 13.3 Å². The number of nitrogens with one attached hydrogen (secondary N) is 2. The van der Waals surface area contributed by atoms with Crippen molar-refractivity contribution in [2.45, 2.75) is 39.3 Å². The maximum atomic E-state index is 11.7. The van der Waals surface area contributed by atoms with E-state index < -0.39 is 0 Å². The third kappa shape index (κ3) is 4.42. The Morgan fingerprint density at radius 1 is 1.62 bits per heavy atom. The van der Waals surface area contributed by atoms with Crippen molar-refractivity contribution in [2.75, 3.05) is 20.1 Å². The first kappa shape index (κ1) is 15.8. The molecule has 1 saturated heterocycles. The van der Waals surface area contributed by atoms with E-state index in [0.717, 1.165) is 37.0 Å². The smallest absolute Gasteiger partial charge is 0.222 e. The molecule has 0 bridgehead atoms. The fraction of sp³-hybridized carbons (Fsp3) is 0.643. The predicted molar refractivity (Wildman–Crippen MR) is 85.5 cm³/mol. The molecule has 1 aliphatic rings. The van der Waals surface area contributed by atoms with Crippen LogP contribution in [0.4, 0.5) is 0 Å². The summed E-state index contributed by atoms with van der Waals surface area (Å²) < 4.78 is 0. The van der Waals surface area contributed by atoms with Crippen molar-refractivity contribution >= 4 is 23.2 Å². The number of nitrogens with zero attached hydrogens (tertiary/aromatic N) is 3. The van der Waals surface area contributed by atoms with E-state index in [1.807, 2.05) is 24.9 Å². The van der Waals surface area contributed by atoms with Crippen LogP contribution in [-0.4, -0.2) is 47.9 Å². The van der Waals surface area contributed by atoms with Crippen LogP contribution in [0.5, 0.6) is 0 Å². The third-order valence-electron chi connectivity index (χ3n) is 3.51. The Labute approximate surface area is 129 Å². The summed E-state index contributed by atoms with van der Waals surface area (Å²) in [7, 11) is 1.76. The molecule has 7 heteroatoms. The molecule has 1 amide bonds. The van der Waals surface area contributed by atoms with E-state index >= 15 is 0 Å². The molecule has 2 rings (SSSR count). The molecule has 116 valence electrons. The normalized spacial score (nSPS) is 18.9. The second-order valence-electron chi connectivity index (χ2n) is 5.09. The standard InChI is InChI=1S/C14H23N5OS/c1-4-13(20)19-6-5-11(9-19)18-14(15-3)17-8-12-7-16-10(2)21-12/h7,11H,4-6,8-9H2,1-3H3,(H2,15,17,18). The number of hydrogen-bond acceptors (Lipinski definition) is 4. The molecule has 0 spiro atoms. The Hall–Kier alpha value is -1.63. The van der Waals surface area contributed by atoms with Gasteiger partial charge in [-0.3, -0.25) is 9.79 Å². The SMILES string of the molecule is CCC(=O)N1CCC(NC(=NC)NCc2cnc(C)s2)C1. The van der Waals surface area contributed by atoms with Gasteiger partial charge >= 0.3 is 0 Å². The molecule has 2 heterocycles. The summed E-state index contributed by atoms with van der Waals surface area (Å²) in [6, 6.07) is 0.273. The first-order chi connectivity index (χ1) is 10.1. The van der Waals surface area contributed by atoms with Gasteiger partial charge in [0, 0.05) is 43.7 Å². The van der Waals surface area contributed by atoms with Gasteiger partial charge in [-0.1, -0.05) is 6.92 Å². The maximum Gasteiger partial charge on any atom is 0.222 e. The molecule has 0 radical (unpaired) electrons. The molecule has 0 saturated carbocycles. The second kappa shape index (κ2) is 7.40. The van der Waals surface area contributed by atoms with E-state index in [1.165, 1.54) is 4.88 Å². The molecule has 21 heavy (non-hydrogen) atoms. The molecule has 0 aliphatic carbocycles. The highest BCUT2D eigenvalue weighted by Crippen LogP contribution is 2.12. The van der Waals surface area contributed by atoms with Crippen LogP contribution in [0.2, 0.25) is 0 Å².